The summed E-state index contributed by atoms with van der Waals surface area (Å²) in [6.07, 6.45) is 10.8. The van der Waals surface area contributed by atoms with E-state index in [2.05, 4.69) is 26.9 Å². The van der Waals surface area contributed by atoms with E-state index in [1.54, 1.807) is 18.5 Å². The number of likely N-dealkylation sites (tertiary alicyclic amines) is 1. The fourth-order valence-electron chi connectivity index (χ4n) is 3.89. The predicted octanol–water partition coefficient (Wildman–Crippen LogP) is 3.22. The molecule has 6 heteroatoms. The van der Waals surface area contributed by atoms with Crippen LogP contribution in [0.15, 0.2) is 59.7 Å². The van der Waals surface area contributed by atoms with E-state index in [9.17, 15) is 4.79 Å². The molecule has 0 spiro atoms. The van der Waals surface area contributed by atoms with Crippen LogP contribution in [0, 0.1) is 12.3 Å². The highest BCUT2D eigenvalue weighted by molar-refractivity contribution is 5.53. The molecule has 0 aliphatic carbocycles. The number of rotatable bonds is 6. The highest BCUT2D eigenvalue weighted by Crippen LogP contribution is 2.27. The molecule has 3 aromatic rings. The number of nitrogens with one attached hydrogen (secondary N) is 1. The Kier molecular flexibility index (Phi) is 6.21. The van der Waals surface area contributed by atoms with Gasteiger partial charge < -0.3 is 9.72 Å². The summed E-state index contributed by atoms with van der Waals surface area (Å²) in [5.41, 5.74) is 2.77. The molecule has 0 amide bonds. The molecule has 152 valence electrons. The van der Waals surface area contributed by atoms with Crippen molar-refractivity contribution in [2.75, 3.05) is 19.7 Å². The van der Waals surface area contributed by atoms with Crippen LogP contribution in [0.2, 0.25) is 0 Å². The van der Waals surface area contributed by atoms with Crippen molar-refractivity contribution in [3.8, 4) is 29.5 Å². The van der Waals surface area contributed by atoms with Crippen LogP contribution in [0.5, 0.6) is 5.75 Å². The lowest BCUT2D eigenvalue weighted by atomic mass is 9.94. The lowest BCUT2D eigenvalue weighted by Gasteiger charge is -2.32. The maximum atomic E-state index is 12.3. The monoisotopic (exact) mass is 400 g/mol. The number of benzene rings is 1. The SMILES string of the molecule is C#CCOc1cccc(CN2CCCC(c3cc(=O)[nH]c(-c4ccncc4)n3)C2)c1. The van der Waals surface area contributed by atoms with E-state index in [1.165, 1.54) is 5.56 Å². The summed E-state index contributed by atoms with van der Waals surface area (Å²) in [5, 5.41) is 0. The highest BCUT2D eigenvalue weighted by Gasteiger charge is 2.23. The van der Waals surface area contributed by atoms with E-state index in [1.807, 2.05) is 30.3 Å². The van der Waals surface area contributed by atoms with Gasteiger partial charge in [-0.15, -0.1) is 6.42 Å². The van der Waals surface area contributed by atoms with E-state index in [0.29, 0.717) is 5.82 Å². The molecule has 1 saturated heterocycles. The van der Waals surface area contributed by atoms with Gasteiger partial charge in [-0.3, -0.25) is 14.7 Å². The molecule has 3 heterocycles. The van der Waals surface area contributed by atoms with Crippen molar-refractivity contribution >= 4 is 0 Å². The topological polar surface area (TPSA) is 71.1 Å². The molecule has 4 rings (SSSR count). The largest absolute Gasteiger partial charge is 0.481 e. The van der Waals surface area contributed by atoms with Gasteiger partial charge in [0.1, 0.15) is 18.2 Å². The molecule has 6 nitrogen and oxygen atoms in total. The lowest BCUT2D eigenvalue weighted by molar-refractivity contribution is 0.198. The Morgan fingerprint density at radius 3 is 2.93 bits per heavy atom. The van der Waals surface area contributed by atoms with Crippen molar-refractivity contribution in [3.63, 3.8) is 0 Å². The second-order valence-corrected chi connectivity index (χ2v) is 7.47. The van der Waals surface area contributed by atoms with Crippen LogP contribution in [0.1, 0.15) is 30.0 Å². The summed E-state index contributed by atoms with van der Waals surface area (Å²) in [5.74, 6) is 4.10. The Morgan fingerprint density at radius 1 is 1.23 bits per heavy atom. The molecule has 0 radical (unpaired) electrons. The molecule has 1 aromatic carbocycles. The third kappa shape index (κ3) is 4.94. The number of aromatic amines is 1. The van der Waals surface area contributed by atoms with Crippen LogP contribution in [0.25, 0.3) is 11.4 Å². The van der Waals surface area contributed by atoms with Crippen molar-refractivity contribution in [2.45, 2.75) is 25.3 Å². The van der Waals surface area contributed by atoms with Gasteiger partial charge in [-0.25, -0.2) is 4.98 Å². The molecule has 1 aliphatic rings. The molecule has 30 heavy (non-hydrogen) atoms. The summed E-state index contributed by atoms with van der Waals surface area (Å²) in [6.45, 7) is 2.97. The van der Waals surface area contributed by atoms with Crippen LogP contribution < -0.4 is 10.3 Å². The summed E-state index contributed by atoms with van der Waals surface area (Å²) in [6, 6.07) is 13.4. The lowest BCUT2D eigenvalue weighted by Crippen LogP contribution is -2.34. The van der Waals surface area contributed by atoms with E-state index in [4.69, 9.17) is 16.1 Å². The number of nitrogens with zero attached hydrogens (tertiary/aromatic N) is 3. The molecular weight excluding hydrogens is 376 g/mol. The van der Waals surface area contributed by atoms with Crippen molar-refractivity contribution < 1.29 is 4.74 Å². The van der Waals surface area contributed by atoms with E-state index >= 15 is 0 Å². The van der Waals surface area contributed by atoms with Gasteiger partial charge >= 0.3 is 0 Å². The summed E-state index contributed by atoms with van der Waals surface area (Å²) < 4.78 is 5.54. The highest BCUT2D eigenvalue weighted by atomic mass is 16.5. The third-order valence-electron chi connectivity index (χ3n) is 5.27. The second kappa shape index (κ2) is 9.38. The Labute approximate surface area is 176 Å². The number of piperidine rings is 1. The van der Waals surface area contributed by atoms with Gasteiger partial charge in [0.2, 0.25) is 0 Å². The van der Waals surface area contributed by atoms with Gasteiger partial charge in [0.15, 0.2) is 0 Å². The zero-order valence-corrected chi connectivity index (χ0v) is 16.8. The van der Waals surface area contributed by atoms with Crippen LogP contribution in [0.4, 0.5) is 0 Å². The number of aromatic nitrogens is 3. The Bertz CT molecular complexity index is 1090. The van der Waals surface area contributed by atoms with Crippen LogP contribution in [0.3, 0.4) is 0 Å². The van der Waals surface area contributed by atoms with Crippen molar-refractivity contribution in [3.05, 3.63) is 76.5 Å². The molecule has 1 fully saturated rings. The van der Waals surface area contributed by atoms with E-state index < -0.39 is 0 Å². The number of hydrogen-bond acceptors (Lipinski definition) is 5. The molecule has 1 N–H and O–H groups in total. The first-order valence-corrected chi connectivity index (χ1v) is 10.1. The smallest absolute Gasteiger partial charge is 0.251 e. The summed E-state index contributed by atoms with van der Waals surface area (Å²) in [7, 11) is 0. The predicted molar refractivity (Wildman–Crippen MR) is 116 cm³/mol. The third-order valence-corrected chi connectivity index (χ3v) is 5.27. The minimum absolute atomic E-state index is 0.123. The van der Waals surface area contributed by atoms with Crippen molar-refractivity contribution in [2.24, 2.45) is 0 Å². The van der Waals surface area contributed by atoms with Crippen molar-refractivity contribution in [1.29, 1.82) is 0 Å². The van der Waals surface area contributed by atoms with Crippen LogP contribution in [-0.4, -0.2) is 39.5 Å². The average molecular weight is 400 g/mol. The Morgan fingerprint density at radius 2 is 2.10 bits per heavy atom. The molecule has 1 aliphatic heterocycles. The van der Waals surface area contributed by atoms with Gasteiger partial charge in [-0.1, -0.05) is 18.1 Å². The van der Waals surface area contributed by atoms with E-state index in [0.717, 1.165) is 49.5 Å². The Hall–Kier alpha value is -3.43. The molecule has 2 aromatic heterocycles. The molecule has 0 saturated carbocycles. The molecule has 0 bridgehead atoms. The number of H-pyrrole nitrogens is 1. The number of ether oxygens (including phenoxy) is 1. The summed E-state index contributed by atoms with van der Waals surface area (Å²) in [4.78, 5) is 26.3. The second-order valence-electron chi connectivity index (χ2n) is 7.47. The fraction of sp³-hybridized carbons (Fsp3) is 0.292. The zero-order valence-electron chi connectivity index (χ0n) is 16.8. The average Bonchev–Trinajstić information content (AvgIpc) is 2.78. The normalized spacial score (nSPS) is 16.7. The molecular formula is C24H24N4O2. The first kappa shape index (κ1) is 19.9. The zero-order chi connectivity index (χ0) is 20.8. The van der Waals surface area contributed by atoms with Gasteiger partial charge in [0.25, 0.3) is 5.56 Å². The minimum Gasteiger partial charge on any atom is -0.481 e. The molecule has 1 atom stereocenters. The maximum Gasteiger partial charge on any atom is 0.251 e. The summed E-state index contributed by atoms with van der Waals surface area (Å²) >= 11 is 0. The molecule has 1 unspecified atom stereocenters. The van der Waals surface area contributed by atoms with E-state index in [-0.39, 0.29) is 18.1 Å². The van der Waals surface area contributed by atoms with Crippen LogP contribution >= 0.6 is 0 Å². The first-order chi connectivity index (χ1) is 14.7. The van der Waals surface area contributed by atoms with Gasteiger partial charge in [-0.05, 0) is 49.2 Å². The quantitative estimate of drug-likeness (QED) is 0.644. The van der Waals surface area contributed by atoms with Gasteiger partial charge in [-0.2, -0.15) is 0 Å². The Balaban J connectivity index is 1.49. The van der Waals surface area contributed by atoms with Crippen LogP contribution in [-0.2, 0) is 6.54 Å². The number of hydrogen-bond donors (Lipinski definition) is 1. The minimum atomic E-state index is -0.123. The number of terminal acetylenes is 1. The van der Waals surface area contributed by atoms with Gasteiger partial charge in [0.05, 0.1) is 5.69 Å². The maximum absolute atomic E-state index is 12.3. The van der Waals surface area contributed by atoms with Crippen molar-refractivity contribution in [1.82, 2.24) is 19.9 Å². The fourth-order valence-corrected chi connectivity index (χ4v) is 3.89. The standard InChI is InChI=1S/C24H24N4O2/c1-2-13-30-21-7-3-5-18(14-21)16-28-12-4-6-20(17-28)22-15-23(29)27-24(26-22)19-8-10-25-11-9-19/h1,3,5,7-11,14-15,20H,4,6,12-13,16-17H2,(H,26,27,29). The first-order valence-electron chi connectivity index (χ1n) is 10.1. The number of pyridine rings is 1. The van der Waals surface area contributed by atoms with Gasteiger partial charge in [0, 0.05) is 43.0 Å².